The van der Waals surface area contributed by atoms with Gasteiger partial charge >= 0.3 is 0 Å². The Morgan fingerprint density at radius 3 is 2.86 bits per heavy atom. The first kappa shape index (κ1) is 15.1. The van der Waals surface area contributed by atoms with Crippen molar-refractivity contribution < 1.29 is 9.72 Å². The van der Waals surface area contributed by atoms with Gasteiger partial charge in [0.05, 0.1) is 10.5 Å². The molecule has 1 aromatic heterocycles. The van der Waals surface area contributed by atoms with Crippen LogP contribution in [0.5, 0.6) is 0 Å². The summed E-state index contributed by atoms with van der Waals surface area (Å²) in [7, 11) is 0. The predicted octanol–water partition coefficient (Wildman–Crippen LogP) is 2.99. The molecule has 0 bridgehead atoms. The Bertz CT molecular complexity index is 704. The summed E-state index contributed by atoms with van der Waals surface area (Å²) in [5, 5.41) is 13.6. The van der Waals surface area contributed by atoms with Crippen LogP contribution in [-0.2, 0) is 6.54 Å². The zero-order valence-electron chi connectivity index (χ0n) is 11.2. The maximum atomic E-state index is 12.1. The normalized spacial score (nSPS) is 10.2. The summed E-state index contributed by atoms with van der Waals surface area (Å²) < 4.78 is 0.176. The smallest absolute Gasteiger partial charge is 0.284 e. The molecule has 0 aliphatic heterocycles. The maximum absolute atomic E-state index is 12.1. The van der Waals surface area contributed by atoms with Gasteiger partial charge in [0.2, 0.25) is 0 Å². The number of rotatable bonds is 4. The number of nitrogens with zero attached hydrogens (tertiary/aromatic N) is 2. The minimum atomic E-state index is -0.536. The molecule has 0 spiro atoms. The van der Waals surface area contributed by atoms with Crippen LogP contribution in [-0.4, -0.2) is 15.8 Å². The molecule has 0 fully saturated rings. The SMILES string of the molecule is Cc1ccncc1CNC(=O)c1cccc([N+](=O)[O-])c1Br. The third-order valence-electron chi connectivity index (χ3n) is 3.01. The second-order valence-corrected chi connectivity index (χ2v) is 5.17. The molecule has 0 saturated heterocycles. The Balaban J connectivity index is 2.16. The van der Waals surface area contributed by atoms with Crippen LogP contribution >= 0.6 is 15.9 Å². The lowest BCUT2D eigenvalue weighted by Gasteiger charge is -2.08. The van der Waals surface area contributed by atoms with Gasteiger partial charge in [0.15, 0.2) is 0 Å². The molecule has 0 atom stereocenters. The van der Waals surface area contributed by atoms with Gasteiger partial charge < -0.3 is 5.32 Å². The molecule has 2 rings (SSSR count). The molecule has 2 aromatic rings. The van der Waals surface area contributed by atoms with E-state index in [2.05, 4.69) is 26.2 Å². The van der Waals surface area contributed by atoms with E-state index < -0.39 is 4.92 Å². The molecule has 6 nitrogen and oxygen atoms in total. The molecule has 1 amide bonds. The average Bonchev–Trinajstić information content (AvgIpc) is 2.46. The van der Waals surface area contributed by atoms with Crippen LogP contribution in [0.25, 0.3) is 0 Å². The van der Waals surface area contributed by atoms with Crippen LogP contribution in [0.1, 0.15) is 21.5 Å². The molecule has 0 aliphatic rings. The Labute approximate surface area is 129 Å². The monoisotopic (exact) mass is 349 g/mol. The van der Waals surface area contributed by atoms with Gasteiger partial charge in [-0.2, -0.15) is 0 Å². The summed E-state index contributed by atoms with van der Waals surface area (Å²) in [5.74, 6) is -0.381. The number of aromatic nitrogens is 1. The molecule has 0 radical (unpaired) electrons. The molecule has 0 aliphatic carbocycles. The Morgan fingerprint density at radius 1 is 1.43 bits per heavy atom. The predicted molar refractivity (Wildman–Crippen MR) is 80.9 cm³/mol. The number of benzene rings is 1. The lowest BCUT2D eigenvalue weighted by molar-refractivity contribution is -0.385. The number of nitro groups is 1. The van der Waals surface area contributed by atoms with E-state index in [1.807, 2.05) is 13.0 Å². The molecule has 1 N–H and O–H groups in total. The van der Waals surface area contributed by atoms with Crippen molar-refractivity contribution in [3.8, 4) is 0 Å². The summed E-state index contributed by atoms with van der Waals surface area (Å²) in [5.41, 5.74) is 2.00. The highest BCUT2D eigenvalue weighted by Crippen LogP contribution is 2.28. The number of hydrogen-bond donors (Lipinski definition) is 1. The van der Waals surface area contributed by atoms with Crippen LogP contribution in [0.4, 0.5) is 5.69 Å². The van der Waals surface area contributed by atoms with Gasteiger partial charge in [0, 0.05) is 25.0 Å². The molecule has 7 heteroatoms. The number of aryl methyl sites for hydroxylation is 1. The zero-order valence-corrected chi connectivity index (χ0v) is 12.8. The molecular weight excluding hydrogens is 338 g/mol. The largest absolute Gasteiger partial charge is 0.348 e. The van der Waals surface area contributed by atoms with Crippen LogP contribution in [0.3, 0.4) is 0 Å². The number of halogens is 1. The number of nitrogens with one attached hydrogen (secondary N) is 1. The number of nitro benzene ring substituents is 1. The van der Waals surface area contributed by atoms with Crippen LogP contribution < -0.4 is 5.32 Å². The Kier molecular flexibility index (Phi) is 4.64. The number of amides is 1. The third-order valence-corrected chi connectivity index (χ3v) is 3.84. The van der Waals surface area contributed by atoms with Gasteiger partial charge in [-0.15, -0.1) is 0 Å². The molecule has 0 saturated carbocycles. The number of hydrogen-bond acceptors (Lipinski definition) is 4. The van der Waals surface area contributed by atoms with Crippen molar-refractivity contribution >= 4 is 27.5 Å². The molecule has 108 valence electrons. The second-order valence-electron chi connectivity index (χ2n) is 4.38. The van der Waals surface area contributed by atoms with Gasteiger partial charge in [-0.1, -0.05) is 6.07 Å². The lowest BCUT2D eigenvalue weighted by atomic mass is 10.1. The van der Waals surface area contributed by atoms with E-state index in [-0.39, 0.29) is 21.6 Å². The van der Waals surface area contributed by atoms with Gasteiger partial charge in [-0.25, -0.2) is 0 Å². The van der Waals surface area contributed by atoms with Crippen molar-refractivity contribution in [1.82, 2.24) is 10.3 Å². The number of pyridine rings is 1. The summed E-state index contributed by atoms with van der Waals surface area (Å²) >= 11 is 3.11. The summed E-state index contributed by atoms with van der Waals surface area (Å²) in [4.78, 5) is 26.5. The lowest BCUT2D eigenvalue weighted by Crippen LogP contribution is -2.23. The van der Waals surface area contributed by atoms with Crippen molar-refractivity contribution in [3.05, 3.63) is 67.9 Å². The number of carbonyl (C=O) groups excluding carboxylic acids is 1. The topological polar surface area (TPSA) is 85.1 Å². The van der Waals surface area contributed by atoms with E-state index in [1.165, 1.54) is 18.2 Å². The standard InChI is InChI=1S/C14H12BrN3O3/c1-9-5-6-16-7-10(9)8-17-14(19)11-3-2-4-12(13(11)15)18(20)21/h2-7H,8H2,1H3,(H,17,19). The van der Waals surface area contributed by atoms with Crippen LogP contribution in [0.15, 0.2) is 41.1 Å². The maximum Gasteiger partial charge on any atom is 0.284 e. The van der Waals surface area contributed by atoms with Gasteiger partial charge in [-0.05, 0) is 46.1 Å². The van der Waals surface area contributed by atoms with E-state index in [0.717, 1.165) is 11.1 Å². The fourth-order valence-corrected chi connectivity index (χ4v) is 2.38. The fraction of sp³-hybridized carbons (Fsp3) is 0.143. The third kappa shape index (κ3) is 3.43. The first-order valence-electron chi connectivity index (χ1n) is 6.11. The minimum absolute atomic E-state index is 0.139. The van der Waals surface area contributed by atoms with Gasteiger partial charge in [0.25, 0.3) is 11.6 Å². The van der Waals surface area contributed by atoms with E-state index in [4.69, 9.17) is 0 Å². The molecule has 1 heterocycles. The summed E-state index contributed by atoms with van der Waals surface area (Å²) in [6.07, 6.45) is 3.36. The quantitative estimate of drug-likeness (QED) is 0.679. The summed E-state index contributed by atoms with van der Waals surface area (Å²) in [6.45, 7) is 2.24. The minimum Gasteiger partial charge on any atom is -0.348 e. The van der Waals surface area contributed by atoms with Crippen molar-refractivity contribution in [2.75, 3.05) is 0 Å². The first-order chi connectivity index (χ1) is 10.0. The Hall–Kier alpha value is -2.28. The molecule has 1 aromatic carbocycles. The fourth-order valence-electron chi connectivity index (χ4n) is 1.79. The molecule has 21 heavy (non-hydrogen) atoms. The number of carbonyl (C=O) groups is 1. The van der Waals surface area contributed by atoms with Crippen molar-refractivity contribution in [2.24, 2.45) is 0 Å². The van der Waals surface area contributed by atoms with Crippen molar-refractivity contribution in [1.29, 1.82) is 0 Å². The second kappa shape index (κ2) is 6.45. The van der Waals surface area contributed by atoms with Crippen molar-refractivity contribution in [2.45, 2.75) is 13.5 Å². The van der Waals surface area contributed by atoms with Crippen molar-refractivity contribution in [3.63, 3.8) is 0 Å². The average molecular weight is 350 g/mol. The van der Waals surface area contributed by atoms with E-state index in [1.54, 1.807) is 12.4 Å². The molecule has 0 unspecified atom stereocenters. The van der Waals surface area contributed by atoms with E-state index in [0.29, 0.717) is 6.54 Å². The molecular formula is C14H12BrN3O3. The highest BCUT2D eigenvalue weighted by atomic mass is 79.9. The summed E-state index contributed by atoms with van der Waals surface area (Å²) in [6, 6.07) is 6.20. The zero-order chi connectivity index (χ0) is 15.4. The first-order valence-corrected chi connectivity index (χ1v) is 6.90. The van der Waals surface area contributed by atoms with Crippen LogP contribution in [0, 0.1) is 17.0 Å². The highest BCUT2D eigenvalue weighted by molar-refractivity contribution is 9.10. The van der Waals surface area contributed by atoms with Crippen LogP contribution in [0.2, 0.25) is 0 Å². The highest BCUT2D eigenvalue weighted by Gasteiger charge is 2.19. The van der Waals surface area contributed by atoms with Gasteiger partial charge in [-0.3, -0.25) is 19.9 Å². The van der Waals surface area contributed by atoms with E-state index >= 15 is 0 Å². The van der Waals surface area contributed by atoms with E-state index in [9.17, 15) is 14.9 Å². The van der Waals surface area contributed by atoms with Gasteiger partial charge in [0.1, 0.15) is 4.47 Å². The Morgan fingerprint density at radius 2 is 2.19 bits per heavy atom.